The predicted molar refractivity (Wildman–Crippen MR) is 43.2 cm³/mol. The third-order valence-electron chi connectivity index (χ3n) is 1.61. The molecule has 1 atom stereocenters. The minimum atomic E-state index is -1.44. The zero-order valence-electron chi connectivity index (χ0n) is 7.80. The molecule has 0 aromatic heterocycles. The summed E-state index contributed by atoms with van der Waals surface area (Å²) in [6.45, 7) is 0. The number of rotatable bonds is 3. The number of hydrogen-bond donors (Lipinski definition) is 2. The van der Waals surface area contributed by atoms with Crippen LogP contribution in [-0.4, -0.2) is 22.3 Å². The van der Waals surface area contributed by atoms with E-state index in [-0.39, 0.29) is 41.7 Å². The second-order valence-electron chi connectivity index (χ2n) is 2.71. The molecule has 0 bridgehead atoms. The molecule has 0 unspecified atom stereocenters. The molecule has 0 aliphatic rings. The molecule has 0 radical (unpaired) electrons. The van der Waals surface area contributed by atoms with E-state index in [1.165, 1.54) is 18.2 Å². The second kappa shape index (κ2) is 6.03. The summed E-state index contributed by atoms with van der Waals surface area (Å²) < 4.78 is 0. The van der Waals surface area contributed by atoms with Gasteiger partial charge in [0.15, 0.2) is 6.10 Å². The van der Waals surface area contributed by atoms with Gasteiger partial charge in [0, 0.05) is 6.42 Å². The Morgan fingerprint density at radius 2 is 2.14 bits per heavy atom. The fraction of sp³-hybridized carbons (Fsp3) is 0.222. The zero-order chi connectivity index (χ0) is 9.84. The summed E-state index contributed by atoms with van der Waals surface area (Å²) in [5.74, 6) is -1.47. The predicted octanol–water partition coefficient (Wildman–Crippen LogP) is -3.25. The Morgan fingerprint density at radius 1 is 1.50 bits per heavy atom. The topological polar surface area (TPSA) is 80.6 Å². The Hall–Kier alpha value is -0.550. The van der Waals surface area contributed by atoms with Crippen LogP contribution in [0.5, 0.6) is 5.75 Å². The summed E-state index contributed by atoms with van der Waals surface area (Å²) >= 11 is 0. The Labute approximate surface area is 103 Å². The number of benzene rings is 1. The van der Waals surface area contributed by atoms with Crippen LogP contribution in [0.25, 0.3) is 0 Å². The minimum Gasteiger partial charge on any atom is -0.872 e. The Bertz CT molecular complexity index is 313. The van der Waals surface area contributed by atoms with Gasteiger partial charge in [0.25, 0.3) is 0 Å². The van der Waals surface area contributed by atoms with Crippen molar-refractivity contribution in [2.45, 2.75) is 12.5 Å². The summed E-state index contributed by atoms with van der Waals surface area (Å²) in [6, 6.07) is 5.82. The van der Waals surface area contributed by atoms with Crippen molar-refractivity contribution >= 4 is 5.97 Å². The number of aliphatic hydroxyl groups is 1. The largest absolute Gasteiger partial charge is 1.00 e. The molecule has 0 saturated carbocycles. The molecule has 0 aliphatic heterocycles. The van der Waals surface area contributed by atoms with Gasteiger partial charge in [-0.15, -0.1) is 5.75 Å². The van der Waals surface area contributed by atoms with E-state index >= 15 is 0 Å². The number of aliphatic hydroxyl groups excluding tert-OH is 1. The second-order valence-corrected chi connectivity index (χ2v) is 2.71. The molecule has 0 spiro atoms. The van der Waals surface area contributed by atoms with Crippen LogP contribution in [-0.2, 0) is 11.2 Å². The van der Waals surface area contributed by atoms with Gasteiger partial charge in [0.1, 0.15) is 0 Å². The van der Waals surface area contributed by atoms with E-state index in [1.54, 1.807) is 6.07 Å². The third-order valence-corrected chi connectivity index (χ3v) is 1.61. The molecular formula is C9H9NaO4. The molecule has 0 aliphatic carbocycles. The van der Waals surface area contributed by atoms with Crippen LogP contribution in [0.15, 0.2) is 24.3 Å². The summed E-state index contributed by atoms with van der Waals surface area (Å²) in [4.78, 5) is 10.3. The molecule has 0 saturated heterocycles. The van der Waals surface area contributed by atoms with Crippen molar-refractivity contribution in [3.05, 3.63) is 29.8 Å². The molecule has 2 N–H and O–H groups in total. The average Bonchev–Trinajstić information content (AvgIpc) is 2.04. The van der Waals surface area contributed by atoms with E-state index in [2.05, 4.69) is 0 Å². The first-order valence-corrected chi connectivity index (χ1v) is 3.76. The van der Waals surface area contributed by atoms with Crippen molar-refractivity contribution in [2.24, 2.45) is 0 Å². The Morgan fingerprint density at radius 3 is 2.64 bits per heavy atom. The van der Waals surface area contributed by atoms with Crippen LogP contribution >= 0.6 is 0 Å². The first kappa shape index (κ1) is 13.4. The fourth-order valence-electron chi connectivity index (χ4n) is 0.983. The summed E-state index contributed by atoms with van der Waals surface area (Å²) in [5.41, 5.74) is 0.530. The van der Waals surface area contributed by atoms with E-state index < -0.39 is 12.1 Å². The van der Waals surface area contributed by atoms with Gasteiger partial charge in [-0.3, -0.25) is 0 Å². The van der Waals surface area contributed by atoms with E-state index in [0.717, 1.165) is 0 Å². The van der Waals surface area contributed by atoms with Crippen molar-refractivity contribution in [3.8, 4) is 5.75 Å². The standard InChI is InChI=1S/C9H10O4.Na/c10-7-3-1-2-6(4-7)5-8(11)9(12)13;/h1-4,8,10-11H,5H2,(H,12,13);/q;+1/p-1/t8-;/m1./s1. The van der Waals surface area contributed by atoms with E-state index in [1.807, 2.05) is 0 Å². The smallest absolute Gasteiger partial charge is 0.872 e. The number of aliphatic carboxylic acids is 1. The molecule has 5 heteroatoms. The number of carboxylic acids is 1. The van der Waals surface area contributed by atoms with Gasteiger partial charge in [-0.2, -0.15) is 0 Å². The normalized spacial score (nSPS) is 11.5. The first-order valence-electron chi connectivity index (χ1n) is 3.76. The fourth-order valence-corrected chi connectivity index (χ4v) is 0.983. The average molecular weight is 204 g/mol. The monoisotopic (exact) mass is 204 g/mol. The quantitative estimate of drug-likeness (QED) is 0.507. The van der Waals surface area contributed by atoms with Crippen molar-refractivity contribution < 1.29 is 49.7 Å². The van der Waals surface area contributed by atoms with Crippen LogP contribution in [0.4, 0.5) is 0 Å². The van der Waals surface area contributed by atoms with Gasteiger partial charge in [-0.05, 0) is 5.56 Å². The van der Waals surface area contributed by atoms with Crippen LogP contribution < -0.4 is 34.7 Å². The van der Waals surface area contributed by atoms with Gasteiger partial charge in [0.2, 0.25) is 0 Å². The van der Waals surface area contributed by atoms with Gasteiger partial charge in [-0.25, -0.2) is 4.79 Å². The zero-order valence-corrected chi connectivity index (χ0v) is 9.80. The van der Waals surface area contributed by atoms with E-state index in [9.17, 15) is 9.90 Å². The maximum Gasteiger partial charge on any atom is 1.00 e. The molecule has 14 heavy (non-hydrogen) atoms. The molecule has 1 aromatic carbocycles. The van der Waals surface area contributed by atoms with E-state index in [4.69, 9.17) is 10.2 Å². The first-order chi connectivity index (χ1) is 6.09. The minimum absolute atomic E-state index is 0. The van der Waals surface area contributed by atoms with Crippen LogP contribution in [0.1, 0.15) is 5.56 Å². The maximum atomic E-state index is 10.8. The number of carboxylic acid groups (broad SMARTS) is 1. The summed E-state index contributed by atoms with van der Waals surface area (Å²) in [5, 5.41) is 28.2. The summed E-state index contributed by atoms with van der Waals surface area (Å²) in [6.07, 6.45) is -1.48. The Kier molecular flexibility index (Phi) is 5.79. The molecular weight excluding hydrogens is 195 g/mol. The maximum absolute atomic E-state index is 10.8. The molecule has 70 valence electrons. The summed E-state index contributed by atoms with van der Waals surface area (Å²) in [7, 11) is 0. The Balaban J connectivity index is 0.00000169. The number of hydrogen-bond acceptors (Lipinski definition) is 3. The van der Waals surface area contributed by atoms with Crippen molar-refractivity contribution in [1.29, 1.82) is 0 Å². The van der Waals surface area contributed by atoms with Crippen LogP contribution in [0, 0.1) is 0 Å². The number of carbonyl (C=O) groups is 1. The molecule has 0 amide bonds. The molecule has 1 aromatic rings. The molecule has 1 rings (SSSR count). The van der Waals surface area contributed by atoms with Crippen molar-refractivity contribution in [1.82, 2.24) is 0 Å². The van der Waals surface area contributed by atoms with Gasteiger partial charge < -0.3 is 15.3 Å². The van der Waals surface area contributed by atoms with Gasteiger partial charge in [-0.1, -0.05) is 24.3 Å². The molecule has 0 heterocycles. The molecule has 4 nitrogen and oxygen atoms in total. The van der Waals surface area contributed by atoms with Gasteiger partial charge >= 0.3 is 35.5 Å². The van der Waals surface area contributed by atoms with Crippen molar-refractivity contribution in [2.75, 3.05) is 0 Å². The SMILES string of the molecule is O=C(O)[C@H](O)Cc1cccc([O-])c1.[Na+]. The molecule has 0 fully saturated rings. The third kappa shape index (κ3) is 4.11. The van der Waals surface area contributed by atoms with E-state index in [0.29, 0.717) is 5.56 Å². The van der Waals surface area contributed by atoms with Crippen LogP contribution in [0.2, 0.25) is 0 Å². The van der Waals surface area contributed by atoms with Crippen molar-refractivity contribution in [3.63, 3.8) is 0 Å². The van der Waals surface area contributed by atoms with Gasteiger partial charge in [0.05, 0.1) is 0 Å². The van der Waals surface area contributed by atoms with Crippen LogP contribution in [0.3, 0.4) is 0 Å².